The molecular formula is C18H27NO2. The van der Waals surface area contributed by atoms with E-state index in [1.165, 1.54) is 5.56 Å². The van der Waals surface area contributed by atoms with Crippen LogP contribution in [0.1, 0.15) is 51.0 Å². The summed E-state index contributed by atoms with van der Waals surface area (Å²) in [6.45, 7) is 7.16. The van der Waals surface area contributed by atoms with Crippen molar-refractivity contribution in [3.8, 4) is 0 Å². The number of aliphatic carboxylic acids is 1. The van der Waals surface area contributed by atoms with Gasteiger partial charge in [-0.15, -0.1) is 0 Å². The topological polar surface area (TPSA) is 40.5 Å². The minimum absolute atomic E-state index is 0.471. The molecule has 0 spiro atoms. The van der Waals surface area contributed by atoms with Crippen molar-refractivity contribution in [1.82, 2.24) is 4.90 Å². The molecule has 1 unspecified atom stereocenters. The molecule has 3 heteroatoms. The summed E-state index contributed by atoms with van der Waals surface area (Å²) in [5.41, 5.74) is 0.891. The molecule has 1 aromatic carbocycles. The molecule has 116 valence electrons. The van der Waals surface area contributed by atoms with Crippen molar-refractivity contribution in [1.29, 1.82) is 0 Å². The van der Waals surface area contributed by atoms with Gasteiger partial charge in [-0.05, 0) is 43.8 Å². The van der Waals surface area contributed by atoms with E-state index in [1.807, 2.05) is 6.07 Å². The maximum atomic E-state index is 11.6. The van der Waals surface area contributed by atoms with E-state index < -0.39 is 11.4 Å². The molecule has 1 aromatic rings. The van der Waals surface area contributed by atoms with Crippen molar-refractivity contribution in [3.05, 3.63) is 35.9 Å². The number of hydrogen-bond donors (Lipinski definition) is 1. The number of carboxylic acid groups (broad SMARTS) is 1. The zero-order chi connectivity index (χ0) is 15.3. The fourth-order valence-corrected chi connectivity index (χ4v) is 3.49. The average molecular weight is 289 g/mol. The van der Waals surface area contributed by atoms with Crippen LogP contribution in [0.4, 0.5) is 0 Å². The molecular weight excluding hydrogens is 262 g/mol. The zero-order valence-corrected chi connectivity index (χ0v) is 13.2. The molecule has 1 N–H and O–H groups in total. The summed E-state index contributed by atoms with van der Waals surface area (Å²) in [5, 5.41) is 9.55. The lowest BCUT2D eigenvalue weighted by atomic mass is 9.75. The van der Waals surface area contributed by atoms with Crippen LogP contribution >= 0.6 is 0 Å². The average Bonchev–Trinajstić information content (AvgIpc) is 2.50. The van der Waals surface area contributed by atoms with E-state index in [0.29, 0.717) is 5.92 Å². The molecule has 0 aliphatic carbocycles. The van der Waals surface area contributed by atoms with Crippen LogP contribution in [0, 0.1) is 5.41 Å². The minimum atomic E-state index is -0.597. The first-order valence-electron chi connectivity index (χ1n) is 8.08. The van der Waals surface area contributed by atoms with Gasteiger partial charge in [0.2, 0.25) is 0 Å². The molecule has 0 amide bonds. The van der Waals surface area contributed by atoms with Gasteiger partial charge in [-0.3, -0.25) is 4.79 Å². The van der Waals surface area contributed by atoms with Crippen LogP contribution in [0.2, 0.25) is 0 Å². The summed E-state index contributed by atoms with van der Waals surface area (Å²) in [6, 6.07) is 10.6. The molecule has 21 heavy (non-hydrogen) atoms. The van der Waals surface area contributed by atoms with Crippen molar-refractivity contribution >= 4 is 5.97 Å². The second kappa shape index (κ2) is 7.08. The smallest absolute Gasteiger partial charge is 0.309 e. The summed E-state index contributed by atoms with van der Waals surface area (Å²) in [7, 11) is 0. The number of nitrogens with zero attached hydrogens (tertiary/aromatic N) is 1. The third-order valence-corrected chi connectivity index (χ3v) is 4.90. The largest absolute Gasteiger partial charge is 0.481 e. The Labute approximate surface area is 128 Å². The van der Waals surface area contributed by atoms with Gasteiger partial charge in [0.05, 0.1) is 5.41 Å². The number of piperidine rings is 1. The molecule has 1 heterocycles. The summed E-state index contributed by atoms with van der Waals surface area (Å²) in [6.07, 6.45) is 3.34. The van der Waals surface area contributed by atoms with Crippen molar-refractivity contribution < 1.29 is 9.90 Å². The standard InChI is InChI=1S/C18H27NO2/c1-3-9-18(17(20)21)10-12-19(13-11-18)14-15(2)16-7-5-4-6-8-16/h4-8,15H,3,9-14H2,1-2H3,(H,20,21). The second-order valence-corrected chi connectivity index (χ2v) is 6.45. The monoisotopic (exact) mass is 289 g/mol. The Kier molecular flexibility index (Phi) is 5.40. The van der Waals surface area contributed by atoms with Crippen molar-refractivity contribution in [2.45, 2.75) is 45.4 Å². The summed E-state index contributed by atoms with van der Waals surface area (Å²) >= 11 is 0. The lowest BCUT2D eigenvalue weighted by molar-refractivity contribution is -0.152. The minimum Gasteiger partial charge on any atom is -0.481 e. The molecule has 2 rings (SSSR count). The van der Waals surface area contributed by atoms with Crippen molar-refractivity contribution in [3.63, 3.8) is 0 Å². The fourth-order valence-electron chi connectivity index (χ4n) is 3.49. The Balaban J connectivity index is 1.90. The Bertz CT molecular complexity index is 450. The maximum absolute atomic E-state index is 11.6. The van der Waals surface area contributed by atoms with Gasteiger partial charge in [-0.1, -0.05) is 50.6 Å². The summed E-state index contributed by atoms with van der Waals surface area (Å²) in [4.78, 5) is 14.0. The van der Waals surface area contributed by atoms with E-state index in [4.69, 9.17) is 0 Å². The Hall–Kier alpha value is -1.35. The molecule has 3 nitrogen and oxygen atoms in total. The second-order valence-electron chi connectivity index (χ2n) is 6.45. The summed E-state index contributed by atoms with van der Waals surface area (Å²) in [5.74, 6) is -0.102. The van der Waals surface area contributed by atoms with Gasteiger partial charge in [0.1, 0.15) is 0 Å². The van der Waals surface area contributed by atoms with Gasteiger partial charge in [-0.25, -0.2) is 0 Å². The SMILES string of the molecule is CCCC1(C(=O)O)CCN(CC(C)c2ccccc2)CC1. The van der Waals surface area contributed by atoms with Gasteiger partial charge in [0.15, 0.2) is 0 Å². The van der Waals surface area contributed by atoms with Crippen molar-refractivity contribution in [2.24, 2.45) is 5.41 Å². The van der Waals surface area contributed by atoms with Crippen LogP contribution in [0.25, 0.3) is 0 Å². The zero-order valence-electron chi connectivity index (χ0n) is 13.2. The normalized spacial score (nSPS) is 20.1. The van der Waals surface area contributed by atoms with Gasteiger partial charge in [0.25, 0.3) is 0 Å². The highest BCUT2D eigenvalue weighted by atomic mass is 16.4. The number of likely N-dealkylation sites (tertiary alicyclic amines) is 1. The molecule has 0 bridgehead atoms. The Morgan fingerprint density at radius 1 is 1.29 bits per heavy atom. The van der Waals surface area contributed by atoms with Gasteiger partial charge in [-0.2, -0.15) is 0 Å². The van der Waals surface area contributed by atoms with Crippen LogP contribution in [0.15, 0.2) is 30.3 Å². The number of carboxylic acids is 1. The highest BCUT2D eigenvalue weighted by Gasteiger charge is 2.40. The predicted octanol–water partition coefficient (Wildman–Crippen LogP) is 3.76. The Morgan fingerprint density at radius 2 is 1.90 bits per heavy atom. The molecule has 1 aliphatic heterocycles. The van der Waals surface area contributed by atoms with E-state index in [0.717, 1.165) is 45.3 Å². The van der Waals surface area contributed by atoms with Crippen LogP contribution in [-0.2, 0) is 4.79 Å². The molecule has 0 radical (unpaired) electrons. The highest BCUT2D eigenvalue weighted by Crippen LogP contribution is 2.37. The van der Waals surface area contributed by atoms with Crippen molar-refractivity contribution in [2.75, 3.05) is 19.6 Å². The molecule has 0 saturated carbocycles. The van der Waals surface area contributed by atoms with E-state index in [1.54, 1.807) is 0 Å². The first-order valence-corrected chi connectivity index (χ1v) is 8.08. The lowest BCUT2D eigenvalue weighted by Gasteiger charge is -2.39. The fraction of sp³-hybridized carbons (Fsp3) is 0.611. The van der Waals surface area contributed by atoms with Crippen LogP contribution < -0.4 is 0 Å². The van der Waals surface area contributed by atoms with Gasteiger partial charge >= 0.3 is 5.97 Å². The quantitative estimate of drug-likeness (QED) is 0.867. The number of hydrogen-bond acceptors (Lipinski definition) is 2. The molecule has 1 aliphatic rings. The molecule has 0 aromatic heterocycles. The first kappa shape index (κ1) is 16.0. The third kappa shape index (κ3) is 3.85. The highest BCUT2D eigenvalue weighted by molar-refractivity contribution is 5.74. The summed E-state index contributed by atoms with van der Waals surface area (Å²) < 4.78 is 0. The number of carbonyl (C=O) groups is 1. The lowest BCUT2D eigenvalue weighted by Crippen LogP contribution is -2.45. The number of rotatable bonds is 6. The third-order valence-electron chi connectivity index (χ3n) is 4.90. The molecule has 1 atom stereocenters. The van der Waals surface area contributed by atoms with E-state index >= 15 is 0 Å². The van der Waals surface area contributed by atoms with Crippen LogP contribution in [0.3, 0.4) is 0 Å². The first-order chi connectivity index (χ1) is 10.1. The van der Waals surface area contributed by atoms with E-state index in [9.17, 15) is 9.90 Å². The molecule has 1 fully saturated rings. The molecule has 1 saturated heterocycles. The van der Waals surface area contributed by atoms with Crippen LogP contribution in [0.5, 0.6) is 0 Å². The van der Waals surface area contributed by atoms with E-state index in [-0.39, 0.29) is 0 Å². The Morgan fingerprint density at radius 3 is 2.43 bits per heavy atom. The van der Waals surface area contributed by atoms with Gasteiger partial charge < -0.3 is 10.0 Å². The van der Waals surface area contributed by atoms with Crippen LogP contribution in [-0.4, -0.2) is 35.6 Å². The predicted molar refractivity (Wildman–Crippen MR) is 85.5 cm³/mol. The maximum Gasteiger partial charge on any atom is 0.309 e. The number of benzene rings is 1. The van der Waals surface area contributed by atoms with Gasteiger partial charge in [0, 0.05) is 6.54 Å². The van der Waals surface area contributed by atoms with E-state index in [2.05, 4.69) is 43.0 Å².